The van der Waals surface area contributed by atoms with E-state index >= 15 is 0 Å². The van der Waals surface area contributed by atoms with Crippen molar-refractivity contribution in [2.45, 2.75) is 13.0 Å². The first-order valence-electron chi connectivity index (χ1n) is 4.26. The minimum atomic E-state index is -0.390. The average Bonchev–Trinajstić information content (AvgIpc) is 2.19. The molecule has 0 fully saturated rings. The number of hydrogen-bond acceptors (Lipinski definition) is 2. The van der Waals surface area contributed by atoms with Gasteiger partial charge in [-0.1, -0.05) is 23.7 Å². The number of nitrogens with one attached hydrogen (secondary N) is 1. The maximum Gasteiger partial charge on any atom is 0.146 e. The highest BCUT2D eigenvalue weighted by Crippen LogP contribution is 2.17. The lowest BCUT2D eigenvalue weighted by Gasteiger charge is -2.04. The van der Waals surface area contributed by atoms with Gasteiger partial charge < -0.3 is 5.32 Å². The molecular formula is C10H10ClFN2. The molecule has 0 aromatic heterocycles. The van der Waals surface area contributed by atoms with Crippen molar-refractivity contribution >= 4 is 11.6 Å². The van der Waals surface area contributed by atoms with Gasteiger partial charge in [-0.3, -0.25) is 0 Å². The zero-order chi connectivity index (χ0) is 10.4. The molecule has 0 atom stereocenters. The molecule has 0 aliphatic rings. The zero-order valence-corrected chi connectivity index (χ0v) is 8.31. The van der Waals surface area contributed by atoms with Crippen molar-refractivity contribution in [3.8, 4) is 6.07 Å². The van der Waals surface area contributed by atoms with Gasteiger partial charge in [0, 0.05) is 25.1 Å². The maximum atomic E-state index is 13.3. The molecule has 0 aliphatic carbocycles. The second-order valence-electron chi connectivity index (χ2n) is 2.80. The molecule has 0 spiro atoms. The van der Waals surface area contributed by atoms with Gasteiger partial charge in [0.15, 0.2) is 0 Å². The lowest BCUT2D eigenvalue weighted by molar-refractivity contribution is 0.590. The quantitative estimate of drug-likeness (QED) is 0.779. The molecule has 0 saturated heterocycles. The molecule has 1 rings (SSSR count). The summed E-state index contributed by atoms with van der Waals surface area (Å²) in [5.41, 5.74) is 0.524. The second-order valence-corrected chi connectivity index (χ2v) is 3.21. The van der Waals surface area contributed by atoms with Gasteiger partial charge in [-0.25, -0.2) is 4.39 Å². The summed E-state index contributed by atoms with van der Waals surface area (Å²) in [6.07, 6.45) is 0.419. The molecule has 4 heteroatoms. The van der Waals surface area contributed by atoms with Crippen molar-refractivity contribution in [1.29, 1.82) is 5.26 Å². The van der Waals surface area contributed by atoms with Gasteiger partial charge in [-0.15, -0.1) is 0 Å². The number of benzene rings is 1. The largest absolute Gasteiger partial charge is 0.312 e. The lowest BCUT2D eigenvalue weighted by Crippen LogP contribution is -2.15. The summed E-state index contributed by atoms with van der Waals surface area (Å²) in [6, 6.07) is 6.88. The first kappa shape index (κ1) is 11.0. The summed E-state index contributed by atoms with van der Waals surface area (Å²) < 4.78 is 13.3. The first-order valence-corrected chi connectivity index (χ1v) is 4.64. The van der Waals surface area contributed by atoms with Crippen molar-refractivity contribution in [3.05, 3.63) is 34.6 Å². The normalized spacial score (nSPS) is 9.79. The number of halogens is 2. The molecule has 0 saturated carbocycles. The Kier molecular flexibility index (Phi) is 4.37. The molecule has 0 amide bonds. The molecule has 0 heterocycles. The molecule has 0 radical (unpaired) electrons. The van der Waals surface area contributed by atoms with E-state index in [9.17, 15) is 4.39 Å². The smallest absolute Gasteiger partial charge is 0.146 e. The highest BCUT2D eigenvalue weighted by molar-refractivity contribution is 6.30. The highest BCUT2D eigenvalue weighted by Gasteiger charge is 2.04. The van der Waals surface area contributed by atoms with Crippen LogP contribution in [0.5, 0.6) is 0 Å². The van der Waals surface area contributed by atoms with Crippen LogP contribution in [0, 0.1) is 17.1 Å². The summed E-state index contributed by atoms with van der Waals surface area (Å²) in [5, 5.41) is 11.4. The van der Waals surface area contributed by atoms with E-state index in [2.05, 4.69) is 5.32 Å². The summed E-state index contributed by atoms with van der Waals surface area (Å²) >= 11 is 5.60. The van der Waals surface area contributed by atoms with Crippen LogP contribution in [0.3, 0.4) is 0 Å². The molecule has 2 nitrogen and oxygen atoms in total. The maximum absolute atomic E-state index is 13.3. The summed E-state index contributed by atoms with van der Waals surface area (Å²) in [4.78, 5) is 0. The Hall–Kier alpha value is -1.11. The molecule has 0 aliphatic heterocycles. The minimum absolute atomic E-state index is 0.129. The third-order valence-electron chi connectivity index (χ3n) is 1.76. The van der Waals surface area contributed by atoms with Gasteiger partial charge >= 0.3 is 0 Å². The van der Waals surface area contributed by atoms with Gasteiger partial charge in [0.2, 0.25) is 0 Å². The van der Waals surface area contributed by atoms with Crippen LogP contribution < -0.4 is 5.32 Å². The minimum Gasteiger partial charge on any atom is -0.312 e. The average molecular weight is 213 g/mol. The Morgan fingerprint density at radius 3 is 3.00 bits per heavy atom. The van der Waals surface area contributed by atoms with Gasteiger partial charge in [-0.2, -0.15) is 5.26 Å². The number of hydrogen-bond donors (Lipinski definition) is 1. The first-order chi connectivity index (χ1) is 6.75. The Bertz CT molecular complexity index is 346. The molecule has 14 heavy (non-hydrogen) atoms. The van der Waals surface area contributed by atoms with Crippen LogP contribution in [-0.4, -0.2) is 6.54 Å². The van der Waals surface area contributed by atoms with E-state index in [0.29, 0.717) is 25.1 Å². The molecule has 0 unspecified atom stereocenters. The standard InChI is InChI=1S/C10H10ClFN2/c11-9-4-1-3-8(10(9)12)7-14-6-2-5-13/h1,3-4,14H,2,6-7H2. The molecular weight excluding hydrogens is 203 g/mol. The molecule has 1 N–H and O–H groups in total. The van der Waals surface area contributed by atoms with Crippen LogP contribution in [0.1, 0.15) is 12.0 Å². The third kappa shape index (κ3) is 2.99. The SMILES string of the molecule is N#CCCNCc1cccc(Cl)c1F. The topological polar surface area (TPSA) is 35.8 Å². The Morgan fingerprint density at radius 2 is 2.29 bits per heavy atom. The van der Waals surface area contributed by atoms with Crippen molar-refractivity contribution in [1.82, 2.24) is 5.32 Å². The molecule has 0 bridgehead atoms. The summed E-state index contributed by atoms with van der Waals surface area (Å²) in [6.45, 7) is 0.955. The third-order valence-corrected chi connectivity index (χ3v) is 2.05. The molecule has 74 valence electrons. The van der Waals surface area contributed by atoms with Crippen LogP contribution in [0.25, 0.3) is 0 Å². The second kappa shape index (κ2) is 5.58. The molecule has 1 aromatic rings. The predicted octanol–water partition coefficient (Wildman–Crippen LogP) is 2.48. The lowest BCUT2D eigenvalue weighted by atomic mass is 10.2. The Labute approximate surface area is 87.3 Å². The van der Waals surface area contributed by atoms with Crippen LogP contribution in [0.4, 0.5) is 4.39 Å². The number of rotatable bonds is 4. The number of nitriles is 1. The zero-order valence-electron chi connectivity index (χ0n) is 7.56. The van der Waals surface area contributed by atoms with E-state index in [4.69, 9.17) is 16.9 Å². The van der Waals surface area contributed by atoms with E-state index in [1.54, 1.807) is 12.1 Å². The van der Waals surface area contributed by atoms with Gasteiger partial charge in [-0.05, 0) is 6.07 Å². The van der Waals surface area contributed by atoms with Crippen molar-refractivity contribution in [2.24, 2.45) is 0 Å². The van der Waals surface area contributed by atoms with E-state index in [0.717, 1.165) is 0 Å². The van der Waals surface area contributed by atoms with E-state index in [1.807, 2.05) is 6.07 Å². The van der Waals surface area contributed by atoms with E-state index < -0.39 is 5.82 Å². The van der Waals surface area contributed by atoms with Gasteiger partial charge in [0.25, 0.3) is 0 Å². The van der Waals surface area contributed by atoms with Crippen LogP contribution >= 0.6 is 11.6 Å². The fourth-order valence-corrected chi connectivity index (χ4v) is 1.25. The van der Waals surface area contributed by atoms with E-state index in [1.165, 1.54) is 6.07 Å². The highest BCUT2D eigenvalue weighted by atomic mass is 35.5. The summed E-state index contributed by atoms with van der Waals surface area (Å²) in [5.74, 6) is -0.390. The van der Waals surface area contributed by atoms with Crippen molar-refractivity contribution in [3.63, 3.8) is 0 Å². The van der Waals surface area contributed by atoms with Crippen molar-refractivity contribution < 1.29 is 4.39 Å². The Morgan fingerprint density at radius 1 is 1.50 bits per heavy atom. The monoisotopic (exact) mass is 212 g/mol. The fraction of sp³-hybridized carbons (Fsp3) is 0.300. The van der Waals surface area contributed by atoms with Gasteiger partial charge in [0.05, 0.1) is 11.1 Å². The molecule has 1 aromatic carbocycles. The van der Waals surface area contributed by atoms with Crippen LogP contribution in [-0.2, 0) is 6.54 Å². The van der Waals surface area contributed by atoms with Gasteiger partial charge in [0.1, 0.15) is 5.82 Å². The van der Waals surface area contributed by atoms with Crippen LogP contribution in [0.2, 0.25) is 5.02 Å². The fourth-order valence-electron chi connectivity index (χ4n) is 1.05. The Balaban J connectivity index is 2.51. The summed E-state index contributed by atoms with van der Waals surface area (Å²) in [7, 11) is 0. The van der Waals surface area contributed by atoms with Crippen molar-refractivity contribution in [2.75, 3.05) is 6.54 Å². The predicted molar refractivity (Wildman–Crippen MR) is 53.3 cm³/mol. The number of nitrogens with zero attached hydrogens (tertiary/aromatic N) is 1. The van der Waals surface area contributed by atoms with Crippen LogP contribution in [0.15, 0.2) is 18.2 Å². The van der Waals surface area contributed by atoms with E-state index in [-0.39, 0.29) is 5.02 Å².